The highest BCUT2D eigenvalue weighted by molar-refractivity contribution is 5.98. The average molecular weight is 194 g/mol. The molecule has 1 aromatic carbocycles. The van der Waals surface area contributed by atoms with Crippen molar-refractivity contribution >= 4 is 11.4 Å². The highest BCUT2D eigenvalue weighted by Crippen LogP contribution is 2.15. The summed E-state index contributed by atoms with van der Waals surface area (Å²) in [6, 6.07) is 4.85. The molecular weight excluding hydrogens is 179 g/mol. The van der Waals surface area contributed by atoms with E-state index < -0.39 is 0 Å². The van der Waals surface area contributed by atoms with E-state index in [1.165, 1.54) is 6.07 Å². The Labute approximate surface area is 83.7 Å². The molecule has 0 aromatic heterocycles. The van der Waals surface area contributed by atoms with Gasteiger partial charge in [0.15, 0.2) is 0 Å². The third-order valence-corrected chi connectivity index (χ3v) is 2.08. The maximum Gasteiger partial charge on any atom is 0.134 e. The monoisotopic (exact) mass is 194 g/mol. The first kappa shape index (κ1) is 10.7. The van der Waals surface area contributed by atoms with Crippen LogP contribution in [0.1, 0.15) is 25.3 Å². The second kappa shape index (κ2) is 4.74. The molecule has 0 aliphatic carbocycles. The van der Waals surface area contributed by atoms with E-state index in [0.717, 1.165) is 12.1 Å². The van der Waals surface area contributed by atoms with Gasteiger partial charge in [-0.2, -0.15) is 0 Å². The van der Waals surface area contributed by atoms with E-state index in [1.54, 1.807) is 19.2 Å². The topological polar surface area (TPSA) is 35.9 Å². The Kier molecular flexibility index (Phi) is 3.63. The van der Waals surface area contributed by atoms with Crippen LogP contribution in [0.2, 0.25) is 0 Å². The van der Waals surface area contributed by atoms with Crippen LogP contribution < -0.4 is 5.32 Å². The smallest absolute Gasteiger partial charge is 0.134 e. The number of hydrogen-bond donors (Lipinski definition) is 2. The zero-order chi connectivity index (χ0) is 10.6. The van der Waals surface area contributed by atoms with Crippen LogP contribution in [0.4, 0.5) is 10.1 Å². The van der Waals surface area contributed by atoms with Gasteiger partial charge in [0.2, 0.25) is 0 Å². The fourth-order valence-corrected chi connectivity index (χ4v) is 1.30. The minimum Gasteiger partial charge on any atom is -0.388 e. The third kappa shape index (κ3) is 2.31. The van der Waals surface area contributed by atoms with Gasteiger partial charge >= 0.3 is 0 Å². The van der Waals surface area contributed by atoms with Crippen molar-refractivity contribution in [3.05, 3.63) is 29.6 Å². The molecule has 0 unspecified atom stereocenters. The Morgan fingerprint density at radius 1 is 1.50 bits per heavy atom. The summed E-state index contributed by atoms with van der Waals surface area (Å²) in [7, 11) is 1.74. The van der Waals surface area contributed by atoms with Gasteiger partial charge in [-0.15, -0.1) is 0 Å². The Balaban J connectivity index is 2.94. The molecule has 76 valence electrons. The normalized spacial score (nSPS) is 9.93. The summed E-state index contributed by atoms with van der Waals surface area (Å²) in [6.07, 6.45) is 1.49. The fourth-order valence-electron chi connectivity index (χ4n) is 1.30. The predicted octanol–water partition coefficient (Wildman–Crippen LogP) is 3.04. The maximum atomic E-state index is 13.4. The minimum atomic E-state index is -0.324. The quantitative estimate of drug-likeness (QED) is 0.710. The molecule has 0 spiro atoms. The van der Waals surface area contributed by atoms with Gasteiger partial charge in [-0.05, 0) is 24.6 Å². The molecule has 1 aromatic rings. The summed E-state index contributed by atoms with van der Waals surface area (Å²) in [5, 5.41) is 10.5. The number of hydrogen-bond acceptors (Lipinski definition) is 2. The zero-order valence-corrected chi connectivity index (χ0v) is 8.52. The van der Waals surface area contributed by atoms with E-state index in [2.05, 4.69) is 5.32 Å². The first-order chi connectivity index (χ1) is 6.69. The highest BCUT2D eigenvalue weighted by Gasteiger charge is 2.07. The summed E-state index contributed by atoms with van der Waals surface area (Å²) >= 11 is 0. The second-order valence-corrected chi connectivity index (χ2v) is 3.17. The van der Waals surface area contributed by atoms with Gasteiger partial charge in [0, 0.05) is 24.0 Å². The molecule has 0 fully saturated rings. The predicted molar refractivity (Wildman–Crippen MR) is 57.7 cm³/mol. The van der Waals surface area contributed by atoms with Gasteiger partial charge in [-0.25, -0.2) is 4.39 Å². The van der Waals surface area contributed by atoms with E-state index in [4.69, 9.17) is 5.41 Å². The van der Waals surface area contributed by atoms with Crippen molar-refractivity contribution in [2.45, 2.75) is 19.8 Å². The zero-order valence-electron chi connectivity index (χ0n) is 8.52. The van der Waals surface area contributed by atoms with E-state index >= 15 is 0 Å². The van der Waals surface area contributed by atoms with Crippen LogP contribution >= 0.6 is 0 Å². The Morgan fingerprint density at radius 3 is 2.71 bits per heavy atom. The number of benzene rings is 1. The molecule has 0 aliphatic heterocycles. The summed E-state index contributed by atoms with van der Waals surface area (Å²) in [6.45, 7) is 1.98. The van der Waals surface area contributed by atoms with Crippen molar-refractivity contribution in [2.75, 3.05) is 12.4 Å². The summed E-state index contributed by atoms with van der Waals surface area (Å²) in [4.78, 5) is 0. The standard InChI is InChI=1S/C11H15FN2/c1-3-4-11(13)9-6-5-8(14-2)7-10(9)12/h5-7,13-14H,3-4H2,1-2H3. The summed E-state index contributed by atoms with van der Waals surface area (Å²) in [5.74, 6) is -0.324. The van der Waals surface area contributed by atoms with Crippen molar-refractivity contribution in [1.82, 2.24) is 0 Å². The van der Waals surface area contributed by atoms with Crippen LogP contribution in [0.15, 0.2) is 18.2 Å². The molecule has 1 rings (SSSR count). The summed E-state index contributed by atoms with van der Waals surface area (Å²) in [5.41, 5.74) is 1.51. The first-order valence-electron chi connectivity index (χ1n) is 4.74. The maximum absolute atomic E-state index is 13.4. The van der Waals surface area contributed by atoms with E-state index in [9.17, 15) is 4.39 Å². The van der Waals surface area contributed by atoms with Gasteiger partial charge in [-0.1, -0.05) is 13.3 Å². The Morgan fingerprint density at radius 2 is 2.21 bits per heavy atom. The van der Waals surface area contributed by atoms with E-state index in [0.29, 0.717) is 17.7 Å². The molecule has 2 nitrogen and oxygen atoms in total. The average Bonchev–Trinajstić information content (AvgIpc) is 2.17. The lowest BCUT2D eigenvalue weighted by Gasteiger charge is -2.06. The lowest BCUT2D eigenvalue weighted by molar-refractivity contribution is 0.625. The Bertz CT molecular complexity index is 334. The third-order valence-electron chi connectivity index (χ3n) is 2.08. The molecule has 0 bridgehead atoms. The van der Waals surface area contributed by atoms with Gasteiger partial charge in [0.25, 0.3) is 0 Å². The van der Waals surface area contributed by atoms with Crippen molar-refractivity contribution in [3.8, 4) is 0 Å². The first-order valence-corrected chi connectivity index (χ1v) is 4.74. The van der Waals surface area contributed by atoms with Gasteiger partial charge in [0.1, 0.15) is 5.82 Å². The SMILES string of the molecule is CCCC(=N)c1ccc(NC)cc1F. The molecule has 0 saturated carbocycles. The van der Waals surface area contributed by atoms with Crippen molar-refractivity contribution in [2.24, 2.45) is 0 Å². The minimum absolute atomic E-state index is 0.324. The molecule has 2 N–H and O–H groups in total. The molecule has 14 heavy (non-hydrogen) atoms. The summed E-state index contributed by atoms with van der Waals surface area (Å²) < 4.78 is 13.4. The van der Waals surface area contributed by atoms with Crippen LogP contribution in [0, 0.1) is 11.2 Å². The van der Waals surface area contributed by atoms with Crippen molar-refractivity contribution in [1.29, 1.82) is 5.41 Å². The van der Waals surface area contributed by atoms with E-state index in [-0.39, 0.29) is 5.82 Å². The fraction of sp³-hybridized carbons (Fsp3) is 0.364. The molecule has 0 saturated heterocycles. The highest BCUT2D eigenvalue weighted by atomic mass is 19.1. The van der Waals surface area contributed by atoms with E-state index in [1.807, 2.05) is 6.92 Å². The molecule has 0 heterocycles. The number of anilines is 1. The van der Waals surface area contributed by atoms with Gasteiger partial charge in [-0.3, -0.25) is 0 Å². The molecule has 0 atom stereocenters. The largest absolute Gasteiger partial charge is 0.388 e. The van der Waals surface area contributed by atoms with Gasteiger partial charge < -0.3 is 10.7 Å². The van der Waals surface area contributed by atoms with Crippen LogP contribution in [0.5, 0.6) is 0 Å². The van der Waals surface area contributed by atoms with Crippen molar-refractivity contribution in [3.63, 3.8) is 0 Å². The van der Waals surface area contributed by atoms with Crippen molar-refractivity contribution < 1.29 is 4.39 Å². The molecule has 0 radical (unpaired) electrons. The lowest BCUT2D eigenvalue weighted by Crippen LogP contribution is -2.02. The molecule has 3 heteroatoms. The van der Waals surface area contributed by atoms with Crippen LogP contribution in [0.25, 0.3) is 0 Å². The van der Waals surface area contributed by atoms with Crippen LogP contribution in [-0.2, 0) is 0 Å². The Hall–Kier alpha value is -1.38. The number of rotatable bonds is 4. The number of halogens is 1. The molecule has 0 amide bonds. The lowest BCUT2D eigenvalue weighted by atomic mass is 10.1. The molecule has 0 aliphatic rings. The van der Waals surface area contributed by atoms with Gasteiger partial charge in [0.05, 0.1) is 0 Å². The van der Waals surface area contributed by atoms with Crippen LogP contribution in [0.3, 0.4) is 0 Å². The second-order valence-electron chi connectivity index (χ2n) is 3.17. The molecular formula is C11H15FN2. The number of nitrogens with one attached hydrogen (secondary N) is 2. The van der Waals surface area contributed by atoms with Crippen LogP contribution in [-0.4, -0.2) is 12.8 Å².